The van der Waals surface area contributed by atoms with Crippen LogP contribution in [0.1, 0.15) is 29.0 Å². The van der Waals surface area contributed by atoms with Gasteiger partial charge in [-0.05, 0) is 43.2 Å². The fraction of sp³-hybridized carbons (Fsp3) is 0.333. The number of anilines is 1. The third-order valence-corrected chi connectivity index (χ3v) is 5.31. The van der Waals surface area contributed by atoms with Crippen molar-refractivity contribution >= 4 is 11.7 Å². The number of halogens is 3. The van der Waals surface area contributed by atoms with Crippen molar-refractivity contribution in [1.82, 2.24) is 25.5 Å². The van der Waals surface area contributed by atoms with Gasteiger partial charge in [-0.1, -0.05) is 0 Å². The number of hydrogen-bond acceptors (Lipinski definition) is 6. The molecule has 0 saturated carbocycles. The number of rotatable bonds is 5. The Morgan fingerprint density at radius 2 is 1.88 bits per heavy atom. The minimum Gasteiger partial charge on any atom is -0.497 e. The molecule has 2 aromatic heterocycles. The average Bonchev–Trinajstić information content (AvgIpc) is 3.30. The second-order valence-electron chi connectivity index (χ2n) is 7.39. The van der Waals surface area contributed by atoms with Gasteiger partial charge in [0.25, 0.3) is 5.91 Å². The van der Waals surface area contributed by atoms with E-state index < -0.39 is 11.9 Å². The van der Waals surface area contributed by atoms with E-state index in [0.29, 0.717) is 37.3 Å². The molecule has 0 bridgehead atoms. The van der Waals surface area contributed by atoms with Crippen LogP contribution in [0.3, 0.4) is 0 Å². The highest BCUT2D eigenvalue weighted by Gasteiger charge is 2.33. The zero-order valence-electron chi connectivity index (χ0n) is 17.2. The number of alkyl halides is 3. The topological polar surface area (TPSA) is 96.0 Å². The molecule has 1 amide bonds. The van der Waals surface area contributed by atoms with Crippen LogP contribution in [0.25, 0.3) is 11.3 Å². The summed E-state index contributed by atoms with van der Waals surface area (Å²) in [5.41, 5.74) is 0.850. The molecule has 0 aliphatic carbocycles. The molecule has 0 spiro atoms. The summed E-state index contributed by atoms with van der Waals surface area (Å²) < 4.78 is 43.8. The highest BCUT2D eigenvalue weighted by molar-refractivity contribution is 5.93. The average molecular weight is 446 g/mol. The van der Waals surface area contributed by atoms with Crippen LogP contribution in [0.15, 0.2) is 42.7 Å². The maximum atomic E-state index is 12.9. The van der Waals surface area contributed by atoms with Crippen molar-refractivity contribution in [1.29, 1.82) is 0 Å². The number of benzene rings is 1. The second kappa shape index (κ2) is 8.85. The number of carbonyl (C=O) groups excluding carboxylic acids is 1. The Hall–Kier alpha value is -3.63. The second-order valence-corrected chi connectivity index (χ2v) is 7.39. The predicted molar refractivity (Wildman–Crippen MR) is 110 cm³/mol. The number of ether oxygens (including phenoxy) is 1. The van der Waals surface area contributed by atoms with Crippen molar-refractivity contribution in [3.8, 4) is 17.0 Å². The lowest BCUT2D eigenvalue weighted by molar-refractivity contribution is -0.141. The highest BCUT2D eigenvalue weighted by Crippen LogP contribution is 2.29. The maximum absolute atomic E-state index is 12.9. The molecule has 4 rings (SSSR count). The SMILES string of the molecule is COc1ccc(-c2cc(C(=O)NC3CCN(c4cc(C(F)(F)F)ncn4)CC3)[nH]n2)cc1. The number of hydrogen-bond donors (Lipinski definition) is 2. The first-order valence-corrected chi connectivity index (χ1v) is 9.98. The fourth-order valence-electron chi connectivity index (χ4n) is 3.54. The van der Waals surface area contributed by atoms with E-state index in [1.807, 2.05) is 24.3 Å². The Labute approximate surface area is 181 Å². The number of piperidine rings is 1. The van der Waals surface area contributed by atoms with Gasteiger partial charge in [0, 0.05) is 30.8 Å². The van der Waals surface area contributed by atoms with Crippen LogP contribution in [0.2, 0.25) is 0 Å². The summed E-state index contributed by atoms with van der Waals surface area (Å²) in [6.45, 7) is 0.943. The quantitative estimate of drug-likeness (QED) is 0.625. The molecule has 3 aromatic rings. The smallest absolute Gasteiger partial charge is 0.433 e. The molecule has 168 valence electrons. The van der Waals surface area contributed by atoms with Crippen molar-refractivity contribution in [2.24, 2.45) is 0 Å². The maximum Gasteiger partial charge on any atom is 0.433 e. The van der Waals surface area contributed by atoms with Gasteiger partial charge in [0.2, 0.25) is 0 Å². The van der Waals surface area contributed by atoms with E-state index in [2.05, 4.69) is 25.5 Å². The number of aromatic nitrogens is 4. The Kier molecular flexibility index (Phi) is 5.97. The number of methoxy groups -OCH3 is 1. The van der Waals surface area contributed by atoms with Crippen LogP contribution in [0, 0.1) is 0 Å². The molecule has 0 unspecified atom stereocenters. The molecule has 1 aliphatic rings. The molecule has 1 aliphatic heterocycles. The van der Waals surface area contributed by atoms with E-state index in [9.17, 15) is 18.0 Å². The number of nitrogens with one attached hydrogen (secondary N) is 2. The minimum atomic E-state index is -4.52. The van der Waals surface area contributed by atoms with Gasteiger partial charge in [-0.25, -0.2) is 9.97 Å². The fourth-order valence-corrected chi connectivity index (χ4v) is 3.54. The molecule has 0 atom stereocenters. The van der Waals surface area contributed by atoms with E-state index in [0.717, 1.165) is 23.7 Å². The first-order chi connectivity index (χ1) is 15.3. The Morgan fingerprint density at radius 3 is 2.53 bits per heavy atom. The van der Waals surface area contributed by atoms with Crippen LogP contribution in [0.5, 0.6) is 5.75 Å². The van der Waals surface area contributed by atoms with E-state index in [1.54, 1.807) is 18.1 Å². The molecule has 1 aromatic carbocycles. The Morgan fingerprint density at radius 1 is 1.16 bits per heavy atom. The van der Waals surface area contributed by atoms with Crippen LogP contribution < -0.4 is 15.0 Å². The Bertz CT molecular complexity index is 1080. The van der Waals surface area contributed by atoms with Gasteiger partial charge in [-0.3, -0.25) is 9.89 Å². The van der Waals surface area contributed by atoms with Gasteiger partial charge in [0.05, 0.1) is 12.8 Å². The molecular formula is C21H21F3N6O2. The Balaban J connectivity index is 1.33. The van der Waals surface area contributed by atoms with Crippen molar-refractivity contribution in [2.75, 3.05) is 25.1 Å². The summed E-state index contributed by atoms with van der Waals surface area (Å²) in [6, 6.07) is 9.85. The number of nitrogens with zero attached hydrogens (tertiary/aromatic N) is 4. The number of carbonyl (C=O) groups is 1. The van der Waals surface area contributed by atoms with E-state index in [1.165, 1.54) is 0 Å². The van der Waals surface area contributed by atoms with Gasteiger partial charge >= 0.3 is 6.18 Å². The first-order valence-electron chi connectivity index (χ1n) is 9.98. The highest BCUT2D eigenvalue weighted by atomic mass is 19.4. The predicted octanol–water partition coefficient (Wildman–Crippen LogP) is 3.29. The lowest BCUT2D eigenvalue weighted by Gasteiger charge is -2.33. The van der Waals surface area contributed by atoms with Gasteiger partial charge in [-0.15, -0.1) is 0 Å². The number of H-pyrrole nitrogens is 1. The van der Waals surface area contributed by atoms with Crippen molar-refractivity contribution in [3.05, 3.63) is 54.1 Å². The zero-order valence-corrected chi connectivity index (χ0v) is 17.2. The largest absolute Gasteiger partial charge is 0.497 e. The molecule has 32 heavy (non-hydrogen) atoms. The number of amides is 1. The van der Waals surface area contributed by atoms with Gasteiger partial charge in [0.15, 0.2) is 0 Å². The van der Waals surface area contributed by atoms with Crippen LogP contribution in [-0.4, -0.2) is 52.3 Å². The van der Waals surface area contributed by atoms with Crippen molar-refractivity contribution in [2.45, 2.75) is 25.1 Å². The monoisotopic (exact) mass is 446 g/mol. The summed E-state index contributed by atoms with van der Waals surface area (Å²) >= 11 is 0. The van der Waals surface area contributed by atoms with Crippen LogP contribution >= 0.6 is 0 Å². The molecule has 1 fully saturated rings. The summed E-state index contributed by atoms with van der Waals surface area (Å²) in [5.74, 6) is 0.678. The van der Waals surface area contributed by atoms with Gasteiger partial charge in [0.1, 0.15) is 29.3 Å². The first kappa shape index (κ1) is 21.6. The van der Waals surface area contributed by atoms with E-state index in [-0.39, 0.29) is 17.8 Å². The molecule has 0 radical (unpaired) electrons. The normalized spacial score (nSPS) is 14.9. The molecule has 8 nitrogen and oxygen atoms in total. The van der Waals surface area contributed by atoms with E-state index in [4.69, 9.17) is 4.74 Å². The van der Waals surface area contributed by atoms with E-state index >= 15 is 0 Å². The van der Waals surface area contributed by atoms with Crippen molar-refractivity contribution in [3.63, 3.8) is 0 Å². The lowest BCUT2D eigenvalue weighted by Crippen LogP contribution is -2.45. The molecule has 11 heteroatoms. The summed E-state index contributed by atoms with van der Waals surface area (Å²) in [4.78, 5) is 21.6. The molecular weight excluding hydrogens is 425 g/mol. The van der Waals surface area contributed by atoms with Crippen molar-refractivity contribution < 1.29 is 22.7 Å². The van der Waals surface area contributed by atoms with Crippen LogP contribution in [0.4, 0.5) is 19.0 Å². The molecule has 3 heterocycles. The van der Waals surface area contributed by atoms with Gasteiger partial charge in [-0.2, -0.15) is 18.3 Å². The number of aromatic amines is 1. The third kappa shape index (κ3) is 4.82. The lowest BCUT2D eigenvalue weighted by atomic mass is 10.0. The zero-order chi connectivity index (χ0) is 22.7. The summed E-state index contributed by atoms with van der Waals surface area (Å²) in [5, 5.41) is 9.90. The third-order valence-electron chi connectivity index (χ3n) is 5.31. The molecule has 2 N–H and O–H groups in total. The summed E-state index contributed by atoms with van der Waals surface area (Å²) in [6.07, 6.45) is -2.43. The van der Waals surface area contributed by atoms with Gasteiger partial charge < -0.3 is 15.0 Å². The molecule has 1 saturated heterocycles. The minimum absolute atomic E-state index is 0.101. The standard InChI is InChI=1S/C21H21F3N6O2/c1-32-15-4-2-13(3-5-15)16-10-17(29-28-16)20(31)27-14-6-8-30(9-7-14)19-11-18(21(22,23)24)25-12-26-19/h2-5,10-12,14H,6-9H2,1H3,(H,27,31)(H,28,29). The van der Waals surface area contributed by atoms with Crippen LogP contribution in [-0.2, 0) is 6.18 Å². The summed E-state index contributed by atoms with van der Waals surface area (Å²) in [7, 11) is 1.59.